The molecule has 2 aromatic rings. The minimum Gasteiger partial charge on any atom is -0.872 e. The van der Waals surface area contributed by atoms with Crippen molar-refractivity contribution in [3.05, 3.63) is 70.8 Å². The Morgan fingerprint density at radius 3 is 2.19 bits per heavy atom. The zero-order valence-electron chi connectivity index (χ0n) is 19.3. The van der Waals surface area contributed by atoms with Crippen LogP contribution >= 0.6 is 0 Å². The predicted octanol–water partition coefficient (Wildman–Crippen LogP) is 1.54. The number of nitrogens with one attached hydrogen (secondary N) is 1. The van der Waals surface area contributed by atoms with Crippen molar-refractivity contribution in [3.63, 3.8) is 0 Å². The molecule has 1 saturated heterocycles. The molecule has 1 atom stereocenters. The maximum atomic E-state index is 13.4. The number of aryl methyl sites for hydroxylation is 1. The largest absolute Gasteiger partial charge is 0.872 e. The number of quaternary nitrogens is 1. The average molecular weight is 437 g/mol. The van der Waals surface area contributed by atoms with Crippen molar-refractivity contribution in [3.8, 4) is 5.75 Å². The van der Waals surface area contributed by atoms with Gasteiger partial charge in [-0.15, -0.1) is 0 Å². The smallest absolute Gasteiger partial charge is 0.295 e. The van der Waals surface area contributed by atoms with Gasteiger partial charge < -0.3 is 19.6 Å². The van der Waals surface area contributed by atoms with Crippen LogP contribution in [0.5, 0.6) is 5.75 Å². The van der Waals surface area contributed by atoms with Crippen molar-refractivity contribution in [2.24, 2.45) is 0 Å². The van der Waals surface area contributed by atoms with Gasteiger partial charge in [0.1, 0.15) is 5.75 Å². The summed E-state index contributed by atoms with van der Waals surface area (Å²) in [4.78, 5) is 29.0. The molecule has 6 nitrogen and oxygen atoms in total. The van der Waals surface area contributed by atoms with Crippen molar-refractivity contribution in [1.82, 2.24) is 4.90 Å². The Morgan fingerprint density at radius 2 is 1.62 bits per heavy atom. The molecular weight excluding hydrogens is 404 g/mol. The Bertz CT molecular complexity index is 976. The van der Waals surface area contributed by atoms with E-state index in [0.29, 0.717) is 24.5 Å². The quantitative estimate of drug-likeness (QED) is 0.368. The third-order valence-corrected chi connectivity index (χ3v) is 6.06. The van der Waals surface area contributed by atoms with Crippen molar-refractivity contribution < 1.29 is 24.3 Å². The summed E-state index contributed by atoms with van der Waals surface area (Å²) in [7, 11) is 0. The third kappa shape index (κ3) is 4.86. The summed E-state index contributed by atoms with van der Waals surface area (Å²) in [5.41, 5.74) is 2.25. The number of likely N-dealkylation sites (N-methyl/N-ethyl adjacent to an activating group) is 1. The number of hydrogen-bond donors (Lipinski definition) is 1. The highest BCUT2D eigenvalue weighted by atomic mass is 16.5. The molecule has 6 heteroatoms. The van der Waals surface area contributed by atoms with Crippen molar-refractivity contribution in [2.45, 2.75) is 33.7 Å². The summed E-state index contributed by atoms with van der Waals surface area (Å²) in [6.07, 6.45) is 0. The lowest BCUT2D eigenvalue weighted by atomic mass is 9.94. The number of nitrogens with zero attached hydrogens (tertiary/aromatic N) is 1. The average Bonchev–Trinajstić information content (AvgIpc) is 3.05. The van der Waals surface area contributed by atoms with E-state index in [9.17, 15) is 14.7 Å². The number of carbonyl (C=O) groups excluding carboxylic acids is 2. The van der Waals surface area contributed by atoms with Gasteiger partial charge in [-0.3, -0.25) is 9.59 Å². The monoisotopic (exact) mass is 436 g/mol. The predicted molar refractivity (Wildman–Crippen MR) is 122 cm³/mol. The maximum absolute atomic E-state index is 13.4. The summed E-state index contributed by atoms with van der Waals surface area (Å²) in [5, 5.41) is 13.4. The number of rotatable bonds is 9. The van der Waals surface area contributed by atoms with Crippen molar-refractivity contribution >= 4 is 17.4 Å². The molecule has 0 aliphatic carbocycles. The number of likely N-dealkylation sites (tertiary alicyclic amines) is 1. The van der Waals surface area contributed by atoms with E-state index in [-0.39, 0.29) is 5.57 Å². The number of ether oxygens (including phenoxy) is 1. The fourth-order valence-corrected chi connectivity index (χ4v) is 4.10. The molecule has 1 aliphatic rings. The first-order valence-corrected chi connectivity index (χ1v) is 11.3. The highest BCUT2D eigenvalue weighted by Gasteiger charge is 2.44. The molecule has 0 radical (unpaired) electrons. The molecule has 1 aliphatic heterocycles. The number of Topliss-reactive ketones (excluding diaryl/α,β-unsaturated/α-hetero) is 1. The van der Waals surface area contributed by atoms with Crippen LogP contribution in [-0.2, 0) is 9.59 Å². The van der Waals surface area contributed by atoms with Gasteiger partial charge in [-0.25, -0.2) is 0 Å². The van der Waals surface area contributed by atoms with Crippen LogP contribution in [0, 0.1) is 6.92 Å². The molecule has 1 amide bonds. The van der Waals surface area contributed by atoms with E-state index >= 15 is 0 Å². The van der Waals surface area contributed by atoms with Gasteiger partial charge in [-0.05, 0) is 51.0 Å². The second-order valence-electron chi connectivity index (χ2n) is 8.05. The van der Waals surface area contributed by atoms with Gasteiger partial charge in [0.25, 0.3) is 5.91 Å². The molecule has 1 unspecified atom stereocenters. The van der Waals surface area contributed by atoms with Crippen molar-refractivity contribution in [2.75, 3.05) is 32.8 Å². The van der Waals surface area contributed by atoms with Crippen LogP contribution in [-0.4, -0.2) is 49.4 Å². The zero-order chi connectivity index (χ0) is 23.3. The molecule has 0 aromatic heterocycles. The lowest BCUT2D eigenvalue weighted by Crippen LogP contribution is -3.12. The van der Waals surface area contributed by atoms with Crippen LogP contribution in [0.1, 0.15) is 43.5 Å². The Hall–Kier alpha value is -3.12. The van der Waals surface area contributed by atoms with E-state index in [1.165, 1.54) is 4.90 Å². The summed E-state index contributed by atoms with van der Waals surface area (Å²) in [6, 6.07) is 13.7. The molecule has 32 heavy (non-hydrogen) atoms. The van der Waals surface area contributed by atoms with Crippen LogP contribution in [0.25, 0.3) is 5.76 Å². The molecule has 1 N–H and O–H groups in total. The van der Waals surface area contributed by atoms with Crippen LogP contribution in [0.3, 0.4) is 0 Å². The molecular formula is C26H32N2O4. The van der Waals surface area contributed by atoms with Crippen LogP contribution in [0.2, 0.25) is 0 Å². The Kier molecular flexibility index (Phi) is 7.70. The molecule has 0 bridgehead atoms. The second-order valence-corrected chi connectivity index (χ2v) is 8.05. The standard InChI is InChI=1S/C26H32N2O4/c1-5-27(6-2)16-17-28-23(19-10-8-18(4)9-11-19)22(25(30)26(28)31)24(29)20-12-14-21(15-13-20)32-7-3/h8-15,23,29H,5-7,16-17H2,1-4H3/b24-22+. The number of carbonyl (C=O) groups is 2. The van der Waals surface area contributed by atoms with Crippen LogP contribution < -0.4 is 14.7 Å². The molecule has 1 heterocycles. The molecule has 1 fully saturated rings. The number of ketones is 1. The van der Waals surface area contributed by atoms with Gasteiger partial charge in [0.2, 0.25) is 5.78 Å². The first kappa shape index (κ1) is 23.5. The fourth-order valence-electron chi connectivity index (χ4n) is 4.10. The van der Waals surface area contributed by atoms with E-state index in [4.69, 9.17) is 4.74 Å². The maximum Gasteiger partial charge on any atom is 0.295 e. The van der Waals surface area contributed by atoms with Gasteiger partial charge in [0.15, 0.2) is 0 Å². The molecule has 0 spiro atoms. The SMILES string of the molecule is CCOc1ccc(/C([O-])=C2\C(=O)C(=O)N(CC[NH+](CC)CC)C2c2ccc(C)cc2)cc1. The van der Waals surface area contributed by atoms with E-state index in [1.54, 1.807) is 29.2 Å². The Morgan fingerprint density at radius 1 is 1.00 bits per heavy atom. The van der Waals surface area contributed by atoms with Crippen molar-refractivity contribution in [1.29, 1.82) is 0 Å². The van der Waals surface area contributed by atoms with Crippen LogP contribution in [0.15, 0.2) is 54.1 Å². The first-order chi connectivity index (χ1) is 15.4. The number of amides is 1. The van der Waals surface area contributed by atoms with Crippen LogP contribution in [0.4, 0.5) is 0 Å². The minimum absolute atomic E-state index is 0.0255. The summed E-state index contributed by atoms with van der Waals surface area (Å²) in [5.74, 6) is -1.06. The fraction of sp³-hybridized carbons (Fsp3) is 0.385. The Labute approximate surface area is 190 Å². The molecule has 0 saturated carbocycles. The van der Waals surface area contributed by atoms with Gasteiger partial charge in [-0.2, -0.15) is 0 Å². The first-order valence-electron chi connectivity index (χ1n) is 11.3. The van der Waals surface area contributed by atoms with Gasteiger partial charge in [0, 0.05) is 5.57 Å². The molecule has 3 rings (SSSR count). The number of hydrogen-bond acceptors (Lipinski definition) is 4. The van der Waals surface area contributed by atoms with Gasteiger partial charge in [0.05, 0.1) is 38.8 Å². The topological polar surface area (TPSA) is 74.1 Å². The van der Waals surface area contributed by atoms with Gasteiger partial charge in [-0.1, -0.05) is 47.7 Å². The zero-order valence-corrected chi connectivity index (χ0v) is 19.3. The second kappa shape index (κ2) is 10.5. The van der Waals surface area contributed by atoms with Gasteiger partial charge >= 0.3 is 0 Å². The van der Waals surface area contributed by atoms with E-state index in [1.807, 2.05) is 38.1 Å². The Balaban J connectivity index is 2.05. The third-order valence-electron chi connectivity index (χ3n) is 6.06. The molecule has 170 valence electrons. The van der Waals surface area contributed by atoms with E-state index < -0.39 is 23.5 Å². The summed E-state index contributed by atoms with van der Waals surface area (Å²) in [6.45, 7) is 11.6. The summed E-state index contributed by atoms with van der Waals surface area (Å²) >= 11 is 0. The highest BCUT2D eigenvalue weighted by Crippen LogP contribution is 2.38. The lowest BCUT2D eigenvalue weighted by Gasteiger charge is -2.28. The lowest BCUT2D eigenvalue weighted by molar-refractivity contribution is -0.895. The summed E-state index contributed by atoms with van der Waals surface area (Å²) < 4.78 is 5.45. The molecule has 2 aromatic carbocycles. The highest BCUT2D eigenvalue weighted by molar-refractivity contribution is 6.46. The normalized spacial score (nSPS) is 17.9. The minimum atomic E-state index is -0.705. The van der Waals surface area contributed by atoms with E-state index in [2.05, 4.69) is 13.8 Å². The number of benzene rings is 2. The van der Waals surface area contributed by atoms with E-state index in [0.717, 1.165) is 30.8 Å².